The van der Waals surface area contributed by atoms with Crippen molar-refractivity contribution >= 4 is 17.2 Å². The van der Waals surface area contributed by atoms with E-state index in [-0.39, 0.29) is 11.7 Å². The highest BCUT2D eigenvalue weighted by atomic mass is 32.1. The van der Waals surface area contributed by atoms with Crippen LogP contribution in [-0.2, 0) is 11.2 Å². The molecule has 5 heteroatoms. The van der Waals surface area contributed by atoms with E-state index < -0.39 is 0 Å². The Morgan fingerprint density at radius 1 is 1.24 bits per heavy atom. The van der Waals surface area contributed by atoms with Crippen molar-refractivity contribution in [1.29, 1.82) is 0 Å². The summed E-state index contributed by atoms with van der Waals surface area (Å²) >= 11 is 1.53. The zero-order chi connectivity index (χ0) is 14.7. The summed E-state index contributed by atoms with van der Waals surface area (Å²) in [7, 11) is 0. The molecule has 1 fully saturated rings. The molecule has 0 atom stereocenters. The third kappa shape index (κ3) is 3.47. The van der Waals surface area contributed by atoms with E-state index in [1.54, 1.807) is 12.1 Å². The van der Waals surface area contributed by atoms with E-state index in [4.69, 9.17) is 0 Å². The van der Waals surface area contributed by atoms with Crippen molar-refractivity contribution in [2.24, 2.45) is 0 Å². The normalized spacial score (nSPS) is 14.6. The van der Waals surface area contributed by atoms with Crippen LogP contribution in [0.4, 0.5) is 4.39 Å². The molecule has 0 radical (unpaired) electrons. The molecular formula is C16H17FN2OS. The van der Waals surface area contributed by atoms with Crippen molar-refractivity contribution in [3.63, 3.8) is 0 Å². The Labute approximate surface area is 127 Å². The van der Waals surface area contributed by atoms with E-state index in [0.29, 0.717) is 12.8 Å². The average molecular weight is 304 g/mol. The minimum absolute atomic E-state index is 0.226. The molecule has 1 aliphatic heterocycles. The van der Waals surface area contributed by atoms with Crippen LogP contribution in [0.15, 0.2) is 29.6 Å². The van der Waals surface area contributed by atoms with Crippen LogP contribution >= 0.6 is 11.3 Å². The van der Waals surface area contributed by atoms with Crippen LogP contribution in [0, 0.1) is 5.82 Å². The quantitative estimate of drug-likeness (QED) is 0.866. The first kappa shape index (κ1) is 14.2. The molecule has 3 rings (SSSR count). The number of nitrogens with zero attached hydrogens (tertiary/aromatic N) is 2. The summed E-state index contributed by atoms with van der Waals surface area (Å²) < 4.78 is 12.9. The molecule has 1 aromatic carbocycles. The zero-order valence-corrected chi connectivity index (χ0v) is 12.5. The van der Waals surface area contributed by atoms with Gasteiger partial charge >= 0.3 is 0 Å². The number of carbonyl (C=O) groups excluding carboxylic acids is 1. The first-order valence-electron chi connectivity index (χ1n) is 7.20. The SMILES string of the molecule is O=C(CCc1csc(-c2ccc(F)cc2)n1)N1CCCC1. The molecule has 1 amide bonds. The minimum atomic E-state index is -0.244. The highest BCUT2D eigenvalue weighted by molar-refractivity contribution is 7.13. The number of benzene rings is 1. The van der Waals surface area contributed by atoms with E-state index in [2.05, 4.69) is 4.98 Å². The van der Waals surface area contributed by atoms with Gasteiger partial charge in [-0.1, -0.05) is 0 Å². The summed E-state index contributed by atoms with van der Waals surface area (Å²) in [6.45, 7) is 1.80. The Hall–Kier alpha value is -1.75. The van der Waals surface area contributed by atoms with Crippen molar-refractivity contribution < 1.29 is 9.18 Å². The molecule has 2 aromatic rings. The van der Waals surface area contributed by atoms with Gasteiger partial charge in [-0.2, -0.15) is 0 Å². The van der Waals surface area contributed by atoms with Gasteiger partial charge in [0.2, 0.25) is 5.91 Å². The van der Waals surface area contributed by atoms with Crippen molar-refractivity contribution in [2.75, 3.05) is 13.1 Å². The van der Waals surface area contributed by atoms with E-state index in [1.165, 1.54) is 23.5 Å². The Morgan fingerprint density at radius 2 is 1.95 bits per heavy atom. The molecular weight excluding hydrogens is 287 g/mol. The summed E-state index contributed by atoms with van der Waals surface area (Å²) in [5.74, 6) is -0.0180. The van der Waals surface area contributed by atoms with Crippen LogP contribution in [0.1, 0.15) is 25.0 Å². The Kier molecular flexibility index (Phi) is 4.29. The lowest BCUT2D eigenvalue weighted by atomic mass is 10.2. The van der Waals surface area contributed by atoms with Crippen LogP contribution in [-0.4, -0.2) is 28.9 Å². The molecule has 1 aromatic heterocycles. The highest BCUT2D eigenvalue weighted by Crippen LogP contribution is 2.24. The second kappa shape index (κ2) is 6.35. The number of rotatable bonds is 4. The number of amides is 1. The summed E-state index contributed by atoms with van der Waals surface area (Å²) in [4.78, 5) is 18.5. The third-order valence-corrected chi connectivity index (χ3v) is 4.64. The van der Waals surface area contributed by atoms with Gasteiger partial charge in [0.25, 0.3) is 0 Å². The van der Waals surface area contributed by atoms with E-state index in [1.807, 2.05) is 10.3 Å². The van der Waals surface area contributed by atoms with Gasteiger partial charge in [-0.3, -0.25) is 4.79 Å². The van der Waals surface area contributed by atoms with Crippen molar-refractivity contribution in [2.45, 2.75) is 25.7 Å². The predicted molar refractivity (Wildman–Crippen MR) is 81.6 cm³/mol. The van der Waals surface area contributed by atoms with Crippen molar-refractivity contribution in [3.8, 4) is 10.6 Å². The van der Waals surface area contributed by atoms with Gasteiger partial charge in [0.1, 0.15) is 10.8 Å². The summed E-state index contributed by atoms with van der Waals surface area (Å²) in [6, 6.07) is 6.33. The second-order valence-corrected chi connectivity index (χ2v) is 6.10. The van der Waals surface area contributed by atoms with Gasteiger partial charge in [0, 0.05) is 30.5 Å². The lowest BCUT2D eigenvalue weighted by molar-refractivity contribution is -0.130. The van der Waals surface area contributed by atoms with Crippen LogP contribution in [0.2, 0.25) is 0 Å². The Balaban J connectivity index is 1.60. The maximum Gasteiger partial charge on any atom is 0.222 e. The summed E-state index contributed by atoms with van der Waals surface area (Å²) in [5, 5.41) is 2.86. The number of thiazole rings is 1. The molecule has 110 valence electrons. The lowest BCUT2D eigenvalue weighted by Crippen LogP contribution is -2.27. The molecule has 1 aliphatic rings. The average Bonchev–Trinajstić information content (AvgIpc) is 3.17. The van der Waals surface area contributed by atoms with Gasteiger partial charge in [-0.05, 0) is 43.5 Å². The summed E-state index contributed by atoms with van der Waals surface area (Å²) in [5.41, 5.74) is 1.85. The van der Waals surface area contributed by atoms with Crippen molar-refractivity contribution in [3.05, 3.63) is 41.2 Å². The minimum Gasteiger partial charge on any atom is -0.343 e. The van der Waals surface area contributed by atoms with E-state index >= 15 is 0 Å². The first-order valence-corrected chi connectivity index (χ1v) is 8.08. The fraction of sp³-hybridized carbons (Fsp3) is 0.375. The third-order valence-electron chi connectivity index (χ3n) is 3.70. The molecule has 2 heterocycles. The molecule has 3 nitrogen and oxygen atoms in total. The monoisotopic (exact) mass is 304 g/mol. The van der Waals surface area contributed by atoms with Crippen molar-refractivity contribution in [1.82, 2.24) is 9.88 Å². The molecule has 0 N–H and O–H groups in total. The van der Waals surface area contributed by atoms with E-state index in [9.17, 15) is 9.18 Å². The molecule has 0 spiro atoms. The van der Waals surface area contributed by atoms with Crippen LogP contribution < -0.4 is 0 Å². The van der Waals surface area contributed by atoms with Gasteiger partial charge in [0.05, 0.1) is 5.69 Å². The molecule has 1 saturated heterocycles. The molecule has 0 aliphatic carbocycles. The fourth-order valence-corrected chi connectivity index (χ4v) is 3.37. The summed E-state index contributed by atoms with van der Waals surface area (Å²) in [6.07, 6.45) is 3.44. The molecule has 0 bridgehead atoms. The standard InChI is InChI=1S/C16H17FN2OS/c17-13-5-3-12(4-6-13)16-18-14(11-21-16)7-8-15(20)19-9-1-2-10-19/h3-6,11H,1-2,7-10H2. The Morgan fingerprint density at radius 3 is 2.67 bits per heavy atom. The topological polar surface area (TPSA) is 33.2 Å². The molecule has 0 unspecified atom stereocenters. The number of hydrogen-bond acceptors (Lipinski definition) is 3. The fourth-order valence-electron chi connectivity index (χ4n) is 2.51. The van der Waals surface area contributed by atoms with E-state index in [0.717, 1.165) is 42.2 Å². The maximum absolute atomic E-state index is 12.9. The predicted octanol–water partition coefficient (Wildman–Crippen LogP) is 3.50. The number of aromatic nitrogens is 1. The number of halogens is 1. The zero-order valence-electron chi connectivity index (χ0n) is 11.7. The van der Waals surface area contributed by atoms with Gasteiger partial charge < -0.3 is 4.90 Å². The molecule has 0 saturated carbocycles. The van der Waals surface area contributed by atoms with Crippen LogP contribution in [0.3, 0.4) is 0 Å². The maximum atomic E-state index is 12.9. The largest absolute Gasteiger partial charge is 0.343 e. The molecule has 21 heavy (non-hydrogen) atoms. The smallest absolute Gasteiger partial charge is 0.222 e. The van der Waals surface area contributed by atoms with Gasteiger partial charge in [-0.15, -0.1) is 11.3 Å². The Bertz CT molecular complexity index is 617. The number of likely N-dealkylation sites (tertiary alicyclic amines) is 1. The highest BCUT2D eigenvalue weighted by Gasteiger charge is 2.17. The number of hydrogen-bond donors (Lipinski definition) is 0. The number of carbonyl (C=O) groups is 1. The number of aryl methyl sites for hydroxylation is 1. The first-order chi connectivity index (χ1) is 10.2. The van der Waals surface area contributed by atoms with Crippen LogP contribution in [0.5, 0.6) is 0 Å². The second-order valence-electron chi connectivity index (χ2n) is 5.24. The van der Waals surface area contributed by atoms with Gasteiger partial charge in [0.15, 0.2) is 0 Å². The van der Waals surface area contributed by atoms with Gasteiger partial charge in [-0.25, -0.2) is 9.37 Å². The lowest BCUT2D eigenvalue weighted by Gasteiger charge is -2.14. The van der Waals surface area contributed by atoms with Crippen LogP contribution in [0.25, 0.3) is 10.6 Å².